The summed E-state index contributed by atoms with van der Waals surface area (Å²) in [4.78, 5) is 0. The van der Waals surface area contributed by atoms with E-state index in [1.807, 2.05) is 18.2 Å². The van der Waals surface area contributed by atoms with Gasteiger partial charge in [-0.1, -0.05) is 0 Å². The molecule has 1 nitrogen and oxygen atoms in total. The summed E-state index contributed by atoms with van der Waals surface area (Å²) in [5, 5.41) is 8.37. The third-order valence-electron chi connectivity index (χ3n) is 0.996. The predicted octanol–water partition coefficient (Wildman–Crippen LogP) is 0.352. The van der Waals surface area contributed by atoms with Crippen LogP contribution < -0.4 is 4.35 Å². The Morgan fingerprint density at radius 1 is 1.22 bits per heavy atom. The number of benzene rings is 1. The van der Waals surface area contributed by atoms with E-state index in [1.54, 1.807) is 12.1 Å². The number of hydrogen-bond donors (Lipinski definition) is 0. The molecule has 0 amide bonds. The van der Waals surface area contributed by atoms with Crippen LogP contribution in [0.3, 0.4) is 0 Å². The summed E-state index contributed by atoms with van der Waals surface area (Å²) in [7, 11) is 0. The molecular weight excluding hydrogens is 173 g/mol. The fourth-order valence-corrected chi connectivity index (χ4v) is 0.849. The van der Waals surface area contributed by atoms with Crippen LogP contribution >= 0.6 is 0 Å². The maximum atomic E-state index is 8.37. The summed E-state index contributed by atoms with van der Waals surface area (Å²) in [6, 6.07) is 9.45. The van der Waals surface area contributed by atoms with Gasteiger partial charge in [0.05, 0.1) is 0 Å². The van der Waals surface area contributed by atoms with Gasteiger partial charge in [0.25, 0.3) is 0 Å². The molecule has 1 aromatic carbocycles. The van der Waals surface area contributed by atoms with Crippen molar-refractivity contribution in [1.29, 1.82) is 5.26 Å². The van der Waals surface area contributed by atoms with Crippen LogP contribution in [0.2, 0.25) is 0 Å². The Morgan fingerprint density at radius 2 is 1.78 bits per heavy atom. The van der Waals surface area contributed by atoms with Crippen molar-refractivity contribution in [3.05, 3.63) is 29.8 Å². The summed E-state index contributed by atoms with van der Waals surface area (Å²) in [5.74, 6) is 0. The van der Waals surface area contributed by atoms with Gasteiger partial charge in [-0.05, 0) is 0 Å². The molecule has 2 heteroatoms. The van der Waals surface area contributed by atoms with E-state index >= 15 is 0 Å². The van der Waals surface area contributed by atoms with Crippen molar-refractivity contribution in [2.24, 2.45) is 0 Å². The quantitative estimate of drug-likeness (QED) is 0.524. The van der Waals surface area contributed by atoms with Gasteiger partial charge in [0, 0.05) is 0 Å². The fraction of sp³-hybridized carbons (Fsp3) is 0. The molecule has 0 saturated heterocycles. The molecule has 1 rings (SSSR count). The van der Waals surface area contributed by atoms with Gasteiger partial charge in [-0.25, -0.2) is 0 Å². The van der Waals surface area contributed by atoms with Crippen molar-refractivity contribution in [2.75, 3.05) is 0 Å². The molecule has 0 aliphatic carbocycles. The Labute approximate surface area is 62.8 Å². The number of hydrogen-bond acceptors (Lipinski definition) is 1. The first-order valence-electron chi connectivity index (χ1n) is 2.52. The predicted molar refractivity (Wildman–Crippen MR) is 36.5 cm³/mol. The van der Waals surface area contributed by atoms with Crippen molar-refractivity contribution >= 4 is 21.2 Å². The van der Waals surface area contributed by atoms with Crippen molar-refractivity contribution in [3.8, 4) is 6.07 Å². The van der Waals surface area contributed by atoms with Crippen LogP contribution in [-0.2, 0) is 0 Å². The van der Waals surface area contributed by atoms with E-state index in [2.05, 4.69) is 16.9 Å². The Morgan fingerprint density at radius 3 is 2.22 bits per heavy atom. The average molecular weight is 177 g/mol. The molecule has 42 valence electrons. The van der Waals surface area contributed by atoms with Gasteiger partial charge in [-0.15, -0.1) is 0 Å². The van der Waals surface area contributed by atoms with Gasteiger partial charge >= 0.3 is 62.4 Å². The van der Waals surface area contributed by atoms with E-state index in [0.29, 0.717) is 5.56 Å². The van der Waals surface area contributed by atoms with Crippen LogP contribution in [0.25, 0.3) is 0 Å². The van der Waals surface area contributed by atoms with Crippen molar-refractivity contribution in [3.63, 3.8) is 0 Å². The van der Waals surface area contributed by atoms with E-state index in [-0.39, 0.29) is 0 Å². The number of rotatable bonds is 0. The summed E-state index contributed by atoms with van der Waals surface area (Å²) >= 11 is 2.42. The number of nitriles is 1. The first-order valence-corrected chi connectivity index (χ1v) is 3.46. The van der Waals surface area contributed by atoms with Crippen LogP contribution in [0.4, 0.5) is 0 Å². The van der Waals surface area contributed by atoms with Crippen LogP contribution in [0.15, 0.2) is 24.3 Å². The molecular formula is C7H4AsN. The Hall–Kier alpha value is -0.732. The van der Waals surface area contributed by atoms with Gasteiger partial charge < -0.3 is 0 Å². The molecule has 0 aliphatic heterocycles. The molecule has 0 saturated carbocycles. The minimum absolute atomic E-state index is 0.713. The minimum atomic E-state index is 0.713. The molecule has 0 unspecified atom stereocenters. The zero-order chi connectivity index (χ0) is 6.69. The van der Waals surface area contributed by atoms with Crippen molar-refractivity contribution in [2.45, 2.75) is 0 Å². The SMILES string of the molecule is N#Cc1ccc([As])cc1. The molecule has 0 spiro atoms. The van der Waals surface area contributed by atoms with E-state index in [4.69, 9.17) is 5.26 Å². The van der Waals surface area contributed by atoms with Gasteiger partial charge in [-0.3, -0.25) is 0 Å². The molecule has 0 aromatic heterocycles. The summed E-state index contributed by atoms with van der Waals surface area (Å²) in [6.07, 6.45) is 0. The van der Waals surface area contributed by atoms with E-state index in [1.165, 1.54) is 0 Å². The Bertz CT molecular complexity index is 232. The first-order chi connectivity index (χ1) is 4.33. The van der Waals surface area contributed by atoms with E-state index in [9.17, 15) is 0 Å². The van der Waals surface area contributed by atoms with Crippen molar-refractivity contribution < 1.29 is 0 Å². The zero-order valence-electron chi connectivity index (χ0n) is 4.70. The third-order valence-corrected chi connectivity index (χ3v) is 1.62. The molecule has 0 fully saturated rings. The molecule has 0 N–H and O–H groups in total. The van der Waals surface area contributed by atoms with Crippen LogP contribution in [0, 0.1) is 11.3 Å². The molecule has 1 aromatic rings. The molecule has 0 atom stereocenters. The van der Waals surface area contributed by atoms with Crippen LogP contribution in [0.5, 0.6) is 0 Å². The van der Waals surface area contributed by atoms with E-state index in [0.717, 1.165) is 4.35 Å². The van der Waals surface area contributed by atoms with Gasteiger partial charge in [0.1, 0.15) is 0 Å². The Kier molecular flexibility index (Phi) is 1.92. The molecule has 0 bridgehead atoms. The molecule has 0 heterocycles. The van der Waals surface area contributed by atoms with E-state index < -0.39 is 0 Å². The van der Waals surface area contributed by atoms with Gasteiger partial charge in [0.15, 0.2) is 0 Å². The topological polar surface area (TPSA) is 23.8 Å². The standard InChI is InChI=1S/C7H4AsN/c8-7-3-1-6(5-9)2-4-7/h1-4H. The van der Waals surface area contributed by atoms with Crippen LogP contribution in [0.1, 0.15) is 5.56 Å². The second kappa shape index (κ2) is 2.71. The summed E-state index contributed by atoms with van der Waals surface area (Å²) < 4.78 is 1.13. The zero-order valence-corrected chi connectivity index (χ0v) is 6.58. The second-order valence-corrected chi connectivity index (χ2v) is 2.74. The van der Waals surface area contributed by atoms with Crippen LogP contribution in [-0.4, -0.2) is 16.9 Å². The monoisotopic (exact) mass is 177 g/mol. The normalized spacial score (nSPS) is 8.44. The molecule has 0 aliphatic rings. The second-order valence-electron chi connectivity index (χ2n) is 1.66. The molecule has 2 radical (unpaired) electrons. The summed E-state index contributed by atoms with van der Waals surface area (Å²) in [5.41, 5.74) is 0.713. The molecule has 9 heavy (non-hydrogen) atoms. The third kappa shape index (κ3) is 1.59. The average Bonchev–Trinajstić information content (AvgIpc) is 1.90. The fourth-order valence-electron chi connectivity index (χ4n) is 0.536. The maximum absolute atomic E-state index is 8.37. The first kappa shape index (κ1) is 6.39. The number of nitrogens with zero attached hydrogens (tertiary/aromatic N) is 1. The van der Waals surface area contributed by atoms with Crippen molar-refractivity contribution in [1.82, 2.24) is 0 Å². The summed E-state index contributed by atoms with van der Waals surface area (Å²) in [6.45, 7) is 0. The van der Waals surface area contributed by atoms with Gasteiger partial charge in [-0.2, -0.15) is 0 Å². The Balaban J connectivity index is 3.06. The van der Waals surface area contributed by atoms with Gasteiger partial charge in [0.2, 0.25) is 0 Å².